The monoisotopic (exact) mass is 216 g/mol. The fraction of sp³-hybridized carbons (Fsp3) is 0.375. The molecule has 0 aliphatic carbocycles. The van der Waals surface area contributed by atoms with Gasteiger partial charge in [0.15, 0.2) is 5.78 Å². The highest BCUT2D eigenvalue weighted by Gasteiger charge is 2.16. The summed E-state index contributed by atoms with van der Waals surface area (Å²) in [5, 5.41) is 0.0980. The van der Waals surface area contributed by atoms with Crippen LogP contribution in [0.3, 0.4) is 0 Å². The Kier molecular flexibility index (Phi) is 3.24. The normalized spacial score (nSPS) is 9.71. The molecule has 1 aromatic heterocycles. The van der Waals surface area contributed by atoms with Crippen LogP contribution in [-0.2, 0) is 0 Å². The molecule has 0 atom stereocenters. The van der Waals surface area contributed by atoms with E-state index in [1.54, 1.807) is 0 Å². The van der Waals surface area contributed by atoms with Crippen molar-refractivity contribution in [3.8, 4) is 11.9 Å². The van der Waals surface area contributed by atoms with E-state index in [1.807, 2.05) is 0 Å². The SMILES string of the molecule is COc1nc(OC)c(Cl)c(C(C)=O)n1. The summed E-state index contributed by atoms with van der Waals surface area (Å²) in [6, 6.07) is 0.0523. The highest BCUT2D eigenvalue weighted by molar-refractivity contribution is 6.34. The van der Waals surface area contributed by atoms with Crippen LogP contribution in [0.15, 0.2) is 0 Å². The molecule has 0 aliphatic rings. The summed E-state index contributed by atoms with van der Waals surface area (Å²) in [6.45, 7) is 1.35. The van der Waals surface area contributed by atoms with Gasteiger partial charge in [-0.15, -0.1) is 0 Å². The third kappa shape index (κ3) is 1.93. The number of aromatic nitrogens is 2. The number of methoxy groups -OCH3 is 2. The van der Waals surface area contributed by atoms with Crippen molar-refractivity contribution in [3.63, 3.8) is 0 Å². The average Bonchev–Trinajstić information content (AvgIpc) is 2.17. The van der Waals surface area contributed by atoms with Crippen molar-refractivity contribution in [1.82, 2.24) is 9.97 Å². The predicted molar refractivity (Wildman–Crippen MR) is 50.2 cm³/mol. The molecule has 1 aromatic rings. The Balaban J connectivity index is 3.34. The molecular formula is C8H9ClN2O3. The van der Waals surface area contributed by atoms with Gasteiger partial charge in [0.2, 0.25) is 5.88 Å². The number of nitrogens with zero attached hydrogens (tertiary/aromatic N) is 2. The highest BCUT2D eigenvalue weighted by atomic mass is 35.5. The Hall–Kier alpha value is -1.36. The molecule has 0 saturated heterocycles. The molecule has 1 heterocycles. The van der Waals surface area contributed by atoms with Gasteiger partial charge in [0, 0.05) is 6.92 Å². The molecule has 0 amide bonds. The molecule has 0 aromatic carbocycles. The minimum absolute atomic E-state index is 0.0523. The molecule has 76 valence electrons. The fourth-order valence-corrected chi connectivity index (χ4v) is 1.16. The second kappa shape index (κ2) is 4.23. The van der Waals surface area contributed by atoms with Crippen LogP contribution in [0.2, 0.25) is 5.02 Å². The van der Waals surface area contributed by atoms with Crippen LogP contribution in [0, 0.1) is 0 Å². The molecule has 0 fully saturated rings. The maximum atomic E-state index is 11.1. The maximum Gasteiger partial charge on any atom is 0.320 e. The minimum atomic E-state index is -0.269. The molecule has 6 heteroatoms. The van der Waals surface area contributed by atoms with Crippen LogP contribution in [0.4, 0.5) is 0 Å². The lowest BCUT2D eigenvalue weighted by Crippen LogP contribution is -2.04. The minimum Gasteiger partial charge on any atom is -0.480 e. The second-order valence-electron chi connectivity index (χ2n) is 2.44. The van der Waals surface area contributed by atoms with E-state index in [1.165, 1.54) is 21.1 Å². The standard InChI is InChI=1S/C8H9ClN2O3/c1-4(12)6-5(9)7(13-2)11-8(10-6)14-3/h1-3H3. The summed E-state index contributed by atoms with van der Waals surface area (Å²) >= 11 is 5.81. The van der Waals surface area contributed by atoms with Gasteiger partial charge in [-0.1, -0.05) is 11.6 Å². The summed E-state index contributed by atoms with van der Waals surface area (Å²) in [4.78, 5) is 18.7. The Bertz CT molecular complexity index is 368. The van der Waals surface area contributed by atoms with Crippen LogP contribution in [0.5, 0.6) is 11.9 Å². The van der Waals surface area contributed by atoms with Gasteiger partial charge in [-0.3, -0.25) is 4.79 Å². The van der Waals surface area contributed by atoms with Crippen molar-refractivity contribution in [1.29, 1.82) is 0 Å². The zero-order valence-corrected chi connectivity index (χ0v) is 8.75. The molecule has 0 spiro atoms. The molecule has 5 nitrogen and oxygen atoms in total. The Morgan fingerprint density at radius 2 is 1.93 bits per heavy atom. The van der Waals surface area contributed by atoms with Crippen molar-refractivity contribution in [2.24, 2.45) is 0 Å². The molecular weight excluding hydrogens is 208 g/mol. The van der Waals surface area contributed by atoms with E-state index >= 15 is 0 Å². The largest absolute Gasteiger partial charge is 0.480 e. The van der Waals surface area contributed by atoms with Gasteiger partial charge in [-0.25, -0.2) is 0 Å². The molecule has 0 aliphatic heterocycles. The summed E-state index contributed by atoms with van der Waals surface area (Å²) in [6.07, 6.45) is 0. The Morgan fingerprint density at radius 3 is 2.36 bits per heavy atom. The zero-order chi connectivity index (χ0) is 10.7. The van der Waals surface area contributed by atoms with E-state index in [0.717, 1.165) is 0 Å². The number of carbonyl (C=O) groups excluding carboxylic acids is 1. The Morgan fingerprint density at radius 1 is 1.29 bits per heavy atom. The van der Waals surface area contributed by atoms with Gasteiger partial charge in [0.25, 0.3) is 0 Å². The number of rotatable bonds is 3. The lowest BCUT2D eigenvalue weighted by Gasteiger charge is -2.06. The van der Waals surface area contributed by atoms with Crippen molar-refractivity contribution in [2.45, 2.75) is 6.92 Å². The van der Waals surface area contributed by atoms with E-state index in [4.69, 9.17) is 21.1 Å². The number of Topliss-reactive ketones (excluding diaryl/α,β-unsaturated/α-hetero) is 1. The number of hydrogen-bond acceptors (Lipinski definition) is 5. The lowest BCUT2D eigenvalue weighted by molar-refractivity contribution is 0.101. The van der Waals surface area contributed by atoms with Crippen LogP contribution in [0.1, 0.15) is 17.4 Å². The third-order valence-corrected chi connectivity index (χ3v) is 1.85. The first-order chi connectivity index (χ1) is 6.60. The fourth-order valence-electron chi connectivity index (χ4n) is 0.867. The Labute approximate surface area is 86.0 Å². The van der Waals surface area contributed by atoms with Crippen LogP contribution in [0.25, 0.3) is 0 Å². The van der Waals surface area contributed by atoms with Gasteiger partial charge in [0.1, 0.15) is 10.7 Å². The van der Waals surface area contributed by atoms with Gasteiger partial charge in [0.05, 0.1) is 14.2 Å². The summed E-state index contributed by atoms with van der Waals surface area (Å²) in [7, 11) is 2.80. The van der Waals surface area contributed by atoms with Gasteiger partial charge >= 0.3 is 6.01 Å². The van der Waals surface area contributed by atoms with Gasteiger partial charge in [-0.05, 0) is 0 Å². The van der Waals surface area contributed by atoms with Crippen LogP contribution in [-0.4, -0.2) is 30.0 Å². The highest BCUT2D eigenvalue weighted by Crippen LogP contribution is 2.26. The summed E-state index contributed by atoms with van der Waals surface area (Å²) in [5.41, 5.74) is 0.0929. The number of hydrogen-bond donors (Lipinski definition) is 0. The van der Waals surface area contributed by atoms with Crippen molar-refractivity contribution in [3.05, 3.63) is 10.7 Å². The predicted octanol–water partition coefficient (Wildman–Crippen LogP) is 1.35. The van der Waals surface area contributed by atoms with Crippen molar-refractivity contribution < 1.29 is 14.3 Å². The maximum absolute atomic E-state index is 11.1. The molecule has 0 radical (unpaired) electrons. The van der Waals surface area contributed by atoms with E-state index in [2.05, 4.69) is 9.97 Å². The number of ether oxygens (including phenoxy) is 2. The van der Waals surface area contributed by atoms with E-state index in [-0.39, 0.29) is 28.4 Å². The van der Waals surface area contributed by atoms with Crippen LogP contribution >= 0.6 is 11.6 Å². The lowest BCUT2D eigenvalue weighted by atomic mass is 10.3. The molecule has 1 rings (SSSR count). The van der Waals surface area contributed by atoms with E-state index in [0.29, 0.717) is 0 Å². The molecule has 0 saturated carbocycles. The summed E-state index contributed by atoms with van der Waals surface area (Å²) in [5.74, 6) is -0.141. The molecule has 0 N–H and O–H groups in total. The first-order valence-corrected chi connectivity index (χ1v) is 4.14. The van der Waals surface area contributed by atoms with Crippen molar-refractivity contribution >= 4 is 17.4 Å². The van der Waals surface area contributed by atoms with E-state index < -0.39 is 0 Å². The topological polar surface area (TPSA) is 61.3 Å². The third-order valence-electron chi connectivity index (χ3n) is 1.51. The smallest absolute Gasteiger partial charge is 0.320 e. The van der Waals surface area contributed by atoms with E-state index in [9.17, 15) is 4.79 Å². The average molecular weight is 217 g/mol. The number of halogens is 1. The van der Waals surface area contributed by atoms with Gasteiger partial charge in [-0.2, -0.15) is 9.97 Å². The van der Waals surface area contributed by atoms with Gasteiger partial charge < -0.3 is 9.47 Å². The van der Waals surface area contributed by atoms with Crippen molar-refractivity contribution in [2.75, 3.05) is 14.2 Å². The van der Waals surface area contributed by atoms with Crippen LogP contribution < -0.4 is 9.47 Å². The zero-order valence-electron chi connectivity index (χ0n) is 8.00. The molecule has 0 unspecified atom stereocenters. The first-order valence-electron chi connectivity index (χ1n) is 3.76. The summed E-state index contributed by atoms with van der Waals surface area (Å²) < 4.78 is 9.65. The first kappa shape index (κ1) is 10.7. The number of carbonyl (C=O) groups is 1. The molecule has 0 bridgehead atoms. The molecule has 14 heavy (non-hydrogen) atoms. The quantitative estimate of drug-likeness (QED) is 0.714. The second-order valence-corrected chi connectivity index (χ2v) is 2.82. The number of ketones is 1.